The normalized spacial score (nSPS) is 18.2. The summed E-state index contributed by atoms with van der Waals surface area (Å²) in [5.41, 5.74) is 1.32. The van der Waals surface area contributed by atoms with E-state index in [-0.39, 0.29) is 17.0 Å². The van der Waals surface area contributed by atoms with Crippen LogP contribution in [0.1, 0.15) is 17.9 Å². The summed E-state index contributed by atoms with van der Waals surface area (Å²) in [5, 5.41) is 4.00. The Morgan fingerprint density at radius 1 is 1.48 bits per heavy atom. The Morgan fingerprint density at radius 2 is 2.26 bits per heavy atom. The molecular formula is C16H17ClFN3O2. The van der Waals surface area contributed by atoms with Crippen LogP contribution in [0.5, 0.6) is 0 Å². The summed E-state index contributed by atoms with van der Waals surface area (Å²) in [5.74, 6) is 0.172. The van der Waals surface area contributed by atoms with E-state index in [2.05, 4.69) is 5.16 Å². The molecule has 1 amide bonds. The SMILES string of the molecule is Cc1cc(CN(C)[C@H]2CCN(c3ccc(Cl)c(F)c3)C2=O)no1. The lowest BCUT2D eigenvalue weighted by atomic mass is 10.2. The van der Waals surface area contributed by atoms with Crippen LogP contribution in [-0.4, -0.2) is 35.6 Å². The monoisotopic (exact) mass is 337 g/mol. The van der Waals surface area contributed by atoms with Crippen LogP contribution in [0.2, 0.25) is 5.02 Å². The van der Waals surface area contributed by atoms with Gasteiger partial charge in [0.15, 0.2) is 0 Å². The van der Waals surface area contributed by atoms with Gasteiger partial charge in [0, 0.05) is 24.8 Å². The number of aromatic nitrogens is 1. The molecule has 0 saturated carbocycles. The molecule has 122 valence electrons. The number of halogens is 2. The van der Waals surface area contributed by atoms with E-state index in [1.165, 1.54) is 12.1 Å². The highest BCUT2D eigenvalue weighted by molar-refractivity contribution is 6.30. The van der Waals surface area contributed by atoms with Crippen molar-refractivity contribution >= 4 is 23.2 Å². The van der Waals surface area contributed by atoms with Crippen molar-refractivity contribution in [1.82, 2.24) is 10.1 Å². The minimum absolute atomic E-state index is 0.0468. The van der Waals surface area contributed by atoms with Crippen LogP contribution >= 0.6 is 11.6 Å². The van der Waals surface area contributed by atoms with Gasteiger partial charge in [-0.2, -0.15) is 0 Å². The van der Waals surface area contributed by atoms with Crippen molar-refractivity contribution in [2.75, 3.05) is 18.5 Å². The number of aryl methyl sites for hydroxylation is 1. The van der Waals surface area contributed by atoms with E-state index in [0.717, 1.165) is 11.5 Å². The number of rotatable bonds is 4. The fraction of sp³-hybridized carbons (Fsp3) is 0.375. The number of hydrogen-bond donors (Lipinski definition) is 0. The first-order chi connectivity index (χ1) is 11.0. The fourth-order valence-electron chi connectivity index (χ4n) is 2.84. The molecule has 2 heterocycles. The van der Waals surface area contributed by atoms with E-state index in [4.69, 9.17) is 16.1 Å². The maximum atomic E-state index is 13.6. The molecule has 0 bridgehead atoms. The second kappa shape index (κ2) is 6.29. The summed E-state index contributed by atoms with van der Waals surface area (Å²) < 4.78 is 18.6. The molecule has 1 fully saturated rings. The third-order valence-corrected chi connectivity index (χ3v) is 4.32. The quantitative estimate of drug-likeness (QED) is 0.860. The summed E-state index contributed by atoms with van der Waals surface area (Å²) in [7, 11) is 1.87. The Balaban J connectivity index is 1.71. The van der Waals surface area contributed by atoms with Crippen molar-refractivity contribution in [3.8, 4) is 0 Å². The number of amides is 1. The average molecular weight is 338 g/mol. The number of anilines is 1. The molecule has 1 aliphatic heterocycles. The van der Waals surface area contributed by atoms with Crippen LogP contribution in [0.15, 0.2) is 28.8 Å². The second-order valence-electron chi connectivity index (χ2n) is 5.74. The number of carbonyl (C=O) groups excluding carboxylic acids is 1. The van der Waals surface area contributed by atoms with Gasteiger partial charge in [0.05, 0.1) is 16.8 Å². The molecule has 1 atom stereocenters. The molecule has 7 heteroatoms. The molecule has 23 heavy (non-hydrogen) atoms. The maximum absolute atomic E-state index is 13.6. The number of benzene rings is 1. The van der Waals surface area contributed by atoms with Gasteiger partial charge >= 0.3 is 0 Å². The molecule has 0 unspecified atom stereocenters. The third-order valence-electron chi connectivity index (χ3n) is 4.01. The lowest BCUT2D eigenvalue weighted by Crippen LogP contribution is -2.39. The number of nitrogens with zero attached hydrogens (tertiary/aromatic N) is 3. The van der Waals surface area contributed by atoms with Gasteiger partial charge in [-0.3, -0.25) is 9.69 Å². The lowest BCUT2D eigenvalue weighted by Gasteiger charge is -2.23. The lowest BCUT2D eigenvalue weighted by molar-refractivity contribution is -0.121. The van der Waals surface area contributed by atoms with Gasteiger partial charge in [-0.25, -0.2) is 4.39 Å². The van der Waals surface area contributed by atoms with Crippen molar-refractivity contribution in [3.05, 3.63) is 46.6 Å². The van der Waals surface area contributed by atoms with Crippen molar-refractivity contribution in [1.29, 1.82) is 0 Å². The smallest absolute Gasteiger partial charge is 0.244 e. The number of hydrogen-bond acceptors (Lipinski definition) is 4. The largest absolute Gasteiger partial charge is 0.361 e. The first kappa shape index (κ1) is 16.0. The van der Waals surface area contributed by atoms with Crippen LogP contribution in [0, 0.1) is 12.7 Å². The molecule has 1 aliphatic rings. The molecule has 1 aromatic heterocycles. The van der Waals surface area contributed by atoms with Crippen molar-refractivity contribution in [2.24, 2.45) is 0 Å². The highest BCUT2D eigenvalue weighted by atomic mass is 35.5. The van der Waals surface area contributed by atoms with E-state index >= 15 is 0 Å². The topological polar surface area (TPSA) is 49.6 Å². The van der Waals surface area contributed by atoms with Gasteiger partial charge in [-0.15, -0.1) is 0 Å². The van der Waals surface area contributed by atoms with E-state index in [1.54, 1.807) is 11.0 Å². The fourth-order valence-corrected chi connectivity index (χ4v) is 2.96. The molecule has 1 saturated heterocycles. The van der Waals surface area contributed by atoms with Crippen molar-refractivity contribution in [2.45, 2.75) is 25.9 Å². The Kier molecular flexibility index (Phi) is 4.37. The van der Waals surface area contributed by atoms with E-state index < -0.39 is 5.82 Å². The predicted molar refractivity (Wildman–Crippen MR) is 84.9 cm³/mol. The Hall–Kier alpha value is -1.92. The van der Waals surface area contributed by atoms with E-state index in [0.29, 0.717) is 25.2 Å². The van der Waals surface area contributed by atoms with Gasteiger partial charge in [0.2, 0.25) is 5.91 Å². The minimum atomic E-state index is -0.521. The Bertz CT molecular complexity index is 734. The number of carbonyl (C=O) groups is 1. The van der Waals surface area contributed by atoms with Gasteiger partial charge in [0.1, 0.15) is 11.6 Å². The molecule has 0 aliphatic carbocycles. The van der Waals surface area contributed by atoms with Crippen LogP contribution in [0.4, 0.5) is 10.1 Å². The summed E-state index contributed by atoms with van der Waals surface area (Å²) in [6.45, 7) is 2.90. The van der Waals surface area contributed by atoms with Gasteiger partial charge in [-0.05, 0) is 38.6 Å². The maximum Gasteiger partial charge on any atom is 0.244 e. The summed E-state index contributed by atoms with van der Waals surface area (Å²) in [6.07, 6.45) is 0.677. The highest BCUT2D eigenvalue weighted by Gasteiger charge is 2.35. The highest BCUT2D eigenvalue weighted by Crippen LogP contribution is 2.27. The molecule has 5 nitrogen and oxygen atoms in total. The van der Waals surface area contributed by atoms with Crippen molar-refractivity contribution < 1.29 is 13.7 Å². The van der Waals surface area contributed by atoms with E-state index in [1.807, 2.05) is 24.9 Å². The first-order valence-electron chi connectivity index (χ1n) is 7.34. The van der Waals surface area contributed by atoms with Crippen LogP contribution in [-0.2, 0) is 11.3 Å². The van der Waals surface area contributed by atoms with Gasteiger partial charge in [0.25, 0.3) is 0 Å². The van der Waals surface area contributed by atoms with E-state index in [9.17, 15) is 9.18 Å². The third kappa shape index (κ3) is 3.23. The second-order valence-corrected chi connectivity index (χ2v) is 6.14. The zero-order valence-electron chi connectivity index (χ0n) is 12.9. The van der Waals surface area contributed by atoms with Gasteiger partial charge < -0.3 is 9.42 Å². The molecule has 0 radical (unpaired) electrons. The minimum Gasteiger partial charge on any atom is -0.361 e. The molecular weight excluding hydrogens is 321 g/mol. The zero-order chi connectivity index (χ0) is 16.6. The molecule has 0 N–H and O–H groups in total. The average Bonchev–Trinajstić information content (AvgIpc) is 3.08. The molecule has 0 spiro atoms. The summed E-state index contributed by atoms with van der Waals surface area (Å²) in [6, 6.07) is 6.01. The first-order valence-corrected chi connectivity index (χ1v) is 7.72. The van der Waals surface area contributed by atoms with Crippen LogP contribution in [0.25, 0.3) is 0 Å². The summed E-state index contributed by atoms with van der Waals surface area (Å²) in [4.78, 5) is 16.2. The van der Waals surface area contributed by atoms with Crippen LogP contribution < -0.4 is 4.90 Å². The van der Waals surface area contributed by atoms with Gasteiger partial charge in [-0.1, -0.05) is 16.8 Å². The Morgan fingerprint density at radius 3 is 2.91 bits per heavy atom. The van der Waals surface area contributed by atoms with Crippen molar-refractivity contribution in [3.63, 3.8) is 0 Å². The molecule has 1 aromatic carbocycles. The molecule has 2 aromatic rings. The zero-order valence-corrected chi connectivity index (χ0v) is 13.7. The Labute approximate surface area is 138 Å². The molecule has 3 rings (SSSR count). The summed E-state index contributed by atoms with van der Waals surface area (Å²) >= 11 is 5.69. The predicted octanol–water partition coefficient (Wildman–Crippen LogP) is 3.01. The van der Waals surface area contributed by atoms with Crippen LogP contribution in [0.3, 0.4) is 0 Å². The number of likely N-dealkylation sites (N-methyl/N-ethyl adjacent to an activating group) is 1. The standard InChI is InChI=1S/C16H17ClFN3O2/c1-10-7-11(19-23-10)9-20(2)15-5-6-21(16(15)22)12-3-4-13(17)14(18)8-12/h3-4,7-8,15H,5-6,9H2,1-2H3/t15-/m0/s1.